The first kappa shape index (κ1) is 19.9. The molecule has 0 saturated carbocycles. The molecular formula is C21H19N3O5. The number of aryl methyl sites for hydroxylation is 2. The van der Waals surface area contributed by atoms with Crippen molar-refractivity contribution in [2.45, 2.75) is 27.2 Å². The number of carbonyl (C=O) groups excluding carboxylic acids is 3. The lowest BCUT2D eigenvalue weighted by Crippen LogP contribution is -2.33. The number of carbonyl (C=O) groups is 3. The van der Waals surface area contributed by atoms with Gasteiger partial charge < -0.3 is 15.3 Å². The van der Waals surface area contributed by atoms with Crippen molar-refractivity contribution in [1.82, 2.24) is 4.73 Å². The number of nitrogens with zero attached hydrogens (tertiary/aromatic N) is 2. The number of hydrogen-bond acceptors (Lipinski definition) is 5. The molecule has 1 heterocycles. The van der Waals surface area contributed by atoms with Gasteiger partial charge in [0, 0.05) is 16.7 Å². The Morgan fingerprint density at radius 3 is 2.41 bits per heavy atom. The first-order chi connectivity index (χ1) is 13.7. The minimum atomic E-state index is -1.00. The highest BCUT2D eigenvalue weighted by Crippen LogP contribution is 2.16. The van der Waals surface area contributed by atoms with Crippen LogP contribution in [0.5, 0.6) is 0 Å². The summed E-state index contributed by atoms with van der Waals surface area (Å²) in [4.78, 5) is 49.5. The molecular weight excluding hydrogens is 374 g/mol. The van der Waals surface area contributed by atoms with Gasteiger partial charge >= 0.3 is 5.69 Å². The summed E-state index contributed by atoms with van der Waals surface area (Å²) in [5.74, 6) is -2.86. The summed E-state index contributed by atoms with van der Waals surface area (Å²) in [5.41, 5.74) is 1.92. The molecule has 0 fully saturated rings. The molecule has 1 N–H and O–H groups in total. The Morgan fingerprint density at radius 1 is 1.03 bits per heavy atom. The molecule has 148 valence electrons. The fourth-order valence-electron chi connectivity index (χ4n) is 3.00. The maximum Gasteiger partial charge on any atom is 0.325 e. The lowest BCUT2D eigenvalue weighted by Gasteiger charge is -2.15. The van der Waals surface area contributed by atoms with E-state index in [0.717, 1.165) is 11.1 Å². The minimum Gasteiger partial charge on any atom is -0.805 e. The summed E-state index contributed by atoms with van der Waals surface area (Å²) >= 11 is 0. The molecule has 0 aliphatic carbocycles. The van der Waals surface area contributed by atoms with Crippen LogP contribution in [0, 0.1) is 30.9 Å². The monoisotopic (exact) mass is 393 g/mol. The number of benzene rings is 2. The second-order valence-corrected chi connectivity index (χ2v) is 6.79. The van der Waals surface area contributed by atoms with Gasteiger partial charge in [-0.3, -0.25) is 14.4 Å². The van der Waals surface area contributed by atoms with E-state index in [2.05, 4.69) is 5.32 Å². The molecule has 8 nitrogen and oxygen atoms in total. The van der Waals surface area contributed by atoms with E-state index in [1.165, 1.54) is 19.1 Å². The molecule has 0 bridgehead atoms. The molecule has 0 radical (unpaired) electrons. The highest BCUT2D eigenvalue weighted by atomic mass is 16.5. The van der Waals surface area contributed by atoms with Crippen LogP contribution in [0.25, 0.3) is 11.0 Å². The number of ketones is 2. The van der Waals surface area contributed by atoms with E-state index in [1.807, 2.05) is 13.8 Å². The number of para-hydroxylation sites is 2. The van der Waals surface area contributed by atoms with Crippen molar-refractivity contribution in [2.24, 2.45) is 0 Å². The molecule has 0 spiro atoms. The summed E-state index contributed by atoms with van der Waals surface area (Å²) < 4.78 is 0.798. The predicted molar refractivity (Wildman–Crippen MR) is 107 cm³/mol. The molecule has 1 amide bonds. The van der Waals surface area contributed by atoms with E-state index < -0.39 is 29.6 Å². The number of fused-ring (bicyclic) bond motifs is 1. The molecule has 0 aliphatic heterocycles. The molecule has 1 aromatic heterocycles. The lowest BCUT2D eigenvalue weighted by atomic mass is 10.1. The van der Waals surface area contributed by atoms with Gasteiger partial charge in [-0.2, -0.15) is 0 Å². The van der Waals surface area contributed by atoms with Crippen molar-refractivity contribution in [3.8, 4) is 0 Å². The minimum absolute atomic E-state index is 0.00322. The molecule has 0 unspecified atom stereocenters. The van der Waals surface area contributed by atoms with Crippen molar-refractivity contribution >= 4 is 34.2 Å². The number of amides is 1. The van der Waals surface area contributed by atoms with Crippen molar-refractivity contribution in [3.05, 3.63) is 75.1 Å². The highest BCUT2D eigenvalue weighted by molar-refractivity contribution is 6.43. The fraction of sp³-hybridized carbons (Fsp3) is 0.190. The average molecular weight is 393 g/mol. The van der Waals surface area contributed by atoms with E-state index in [4.69, 9.17) is 0 Å². The normalized spacial score (nSPS) is 10.7. The van der Waals surface area contributed by atoms with Crippen LogP contribution in [0.4, 0.5) is 5.69 Å². The second-order valence-electron chi connectivity index (χ2n) is 6.79. The zero-order valence-corrected chi connectivity index (χ0v) is 16.2. The number of nitrogens with one attached hydrogen (secondary N) is 1. The third-order valence-corrected chi connectivity index (χ3v) is 4.77. The quantitative estimate of drug-likeness (QED) is 0.310. The molecule has 0 aliphatic rings. The van der Waals surface area contributed by atoms with Crippen LogP contribution in [0.3, 0.4) is 0 Å². The van der Waals surface area contributed by atoms with Gasteiger partial charge in [0.15, 0.2) is 0 Å². The van der Waals surface area contributed by atoms with Gasteiger partial charge in [0.05, 0.1) is 16.5 Å². The predicted octanol–water partition coefficient (Wildman–Crippen LogP) is 2.61. The second kappa shape index (κ2) is 7.67. The first-order valence-corrected chi connectivity index (χ1v) is 8.89. The summed E-state index contributed by atoms with van der Waals surface area (Å²) in [6, 6.07) is 11.2. The highest BCUT2D eigenvalue weighted by Gasteiger charge is 2.30. The number of hydrogen-bond donors (Lipinski definition) is 1. The van der Waals surface area contributed by atoms with Crippen LogP contribution in [0.2, 0.25) is 0 Å². The van der Waals surface area contributed by atoms with Crippen molar-refractivity contribution in [2.75, 3.05) is 5.32 Å². The Bertz CT molecular complexity index is 1230. The lowest BCUT2D eigenvalue weighted by molar-refractivity contribution is -0.468. The topological polar surface area (TPSA) is 114 Å². The Balaban J connectivity index is 1.84. The van der Waals surface area contributed by atoms with Crippen LogP contribution >= 0.6 is 0 Å². The Morgan fingerprint density at radius 2 is 1.72 bits per heavy atom. The summed E-state index contributed by atoms with van der Waals surface area (Å²) in [7, 11) is 0. The third-order valence-electron chi connectivity index (χ3n) is 4.77. The van der Waals surface area contributed by atoms with E-state index >= 15 is 0 Å². The largest absolute Gasteiger partial charge is 0.805 e. The summed E-state index contributed by atoms with van der Waals surface area (Å²) in [5, 5.41) is 14.8. The molecule has 29 heavy (non-hydrogen) atoms. The number of aromatic nitrogens is 2. The van der Waals surface area contributed by atoms with Gasteiger partial charge in [0.2, 0.25) is 11.6 Å². The van der Waals surface area contributed by atoms with Crippen LogP contribution in [0.15, 0.2) is 42.5 Å². The Hall–Kier alpha value is -3.81. The van der Waals surface area contributed by atoms with Gasteiger partial charge in [-0.05, 0) is 50.1 Å². The number of rotatable bonds is 5. The number of anilines is 1. The molecule has 0 atom stereocenters. The van der Waals surface area contributed by atoms with Crippen LogP contribution < -0.4 is 9.74 Å². The van der Waals surface area contributed by atoms with Crippen LogP contribution in [-0.2, 0) is 9.59 Å². The average Bonchev–Trinajstić information content (AvgIpc) is 2.69. The molecule has 2 aromatic carbocycles. The zero-order chi connectivity index (χ0) is 21.3. The SMILES string of the molecule is Cc1ccc(NC(=O)C(=O)CC(=O)c2c(C)n([O-])c3ccccc3[n+]2=O)cc1C. The first-order valence-electron chi connectivity index (χ1n) is 8.89. The van der Waals surface area contributed by atoms with Gasteiger partial charge in [-0.25, -0.2) is 0 Å². The maximum atomic E-state index is 12.6. The van der Waals surface area contributed by atoms with Gasteiger partial charge in [-0.1, -0.05) is 18.2 Å². The zero-order valence-electron chi connectivity index (χ0n) is 16.2. The molecule has 0 saturated heterocycles. The standard InChI is InChI=1S/C21H19N3O5/c1-12-8-9-15(10-13(12)2)22-21(27)19(26)11-18(25)20-14(3)23(28)16-6-4-5-7-17(16)24(20)29/h4-10H,11H2,1-3H3,(H,22,27). The van der Waals surface area contributed by atoms with Crippen molar-refractivity contribution in [1.29, 1.82) is 0 Å². The molecule has 3 aromatic rings. The van der Waals surface area contributed by atoms with Crippen molar-refractivity contribution in [3.63, 3.8) is 0 Å². The smallest absolute Gasteiger partial charge is 0.325 e. The van der Waals surface area contributed by atoms with E-state index in [-0.39, 0.29) is 16.7 Å². The van der Waals surface area contributed by atoms with Gasteiger partial charge in [0.1, 0.15) is 5.52 Å². The van der Waals surface area contributed by atoms with E-state index in [0.29, 0.717) is 14.8 Å². The molecule has 8 heteroatoms. The van der Waals surface area contributed by atoms with Crippen LogP contribution in [0.1, 0.15) is 33.7 Å². The Kier molecular flexibility index (Phi) is 5.27. The molecule has 3 rings (SSSR count). The summed E-state index contributed by atoms with van der Waals surface area (Å²) in [6.45, 7) is 5.10. The third kappa shape index (κ3) is 3.77. The van der Waals surface area contributed by atoms with E-state index in [1.54, 1.807) is 30.3 Å². The van der Waals surface area contributed by atoms with Gasteiger partial charge in [0.25, 0.3) is 11.4 Å². The van der Waals surface area contributed by atoms with E-state index in [9.17, 15) is 24.5 Å². The number of Topliss-reactive ketones (excluding diaryl/α,β-unsaturated/α-hetero) is 2. The van der Waals surface area contributed by atoms with Gasteiger partial charge in [-0.15, -0.1) is 0 Å². The Labute approximate surface area is 166 Å². The van der Waals surface area contributed by atoms with Crippen LogP contribution in [-0.4, -0.2) is 22.2 Å². The summed E-state index contributed by atoms with van der Waals surface area (Å²) in [6.07, 6.45) is -0.821. The van der Waals surface area contributed by atoms with Crippen molar-refractivity contribution < 1.29 is 18.8 Å². The fourth-order valence-corrected chi connectivity index (χ4v) is 3.00. The maximum absolute atomic E-state index is 12.6.